The zero-order valence-electron chi connectivity index (χ0n) is 24.9. The molecule has 10 heteroatoms. The predicted octanol–water partition coefficient (Wildman–Crippen LogP) is 7.76. The maximum absolute atomic E-state index is 14.2. The Balaban J connectivity index is 1.49. The first kappa shape index (κ1) is 32.2. The van der Waals surface area contributed by atoms with Crippen LogP contribution in [0.5, 0.6) is 5.75 Å². The maximum Gasteiger partial charge on any atom is 0.338 e. The molecule has 4 aromatic carbocycles. The minimum Gasteiger partial charge on any atom is -0.487 e. The normalized spacial score (nSPS) is 14.5. The van der Waals surface area contributed by atoms with Crippen LogP contribution in [-0.2, 0) is 16.1 Å². The zero-order chi connectivity index (χ0) is 32.2. The van der Waals surface area contributed by atoms with Crippen LogP contribution in [0.25, 0.3) is 11.8 Å². The second-order valence-corrected chi connectivity index (χ2v) is 13.9. The van der Waals surface area contributed by atoms with Crippen molar-refractivity contribution < 1.29 is 14.3 Å². The lowest BCUT2D eigenvalue weighted by atomic mass is 9.93. The van der Waals surface area contributed by atoms with Gasteiger partial charge < -0.3 is 9.47 Å². The third-order valence-corrected chi connectivity index (χ3v) is 10.3. The Morgan fingerprint density at radius 3 is 2.26 bits per heavy atom. The van der Waals surface area contributed by atoms with E-state index < -0.39 is 12.0 Å². The molecule has 0 saturated heterocycles. The van der Waals surface area contributed by atoms with Gasteiger partial charge in [0, 0.05) is 10.5 Å². The molecule has 0 fully saturated rings. The molecule has 2 heterocycles. The summed E-state index contributed by atoms with van der Waals surface area (Å²) >= 11 is 10.2. The van der Waals surface area contributed by atoms with Crippen molar-refractivity contribution >= 4 is 72.7 Å². The first-order chi connectivity index (χ1) is 22.4. The second kappa shape index (κ2) is 14.4. The van der Waals surface area contributed by atoms with Crippen LogP contribution in [0.4, 0.5) is 0 Å². The topological polar surface area (TPSA) is 69.9 Å². The summed E-state index contributed by atoms with van der Waals surface area (Å²) < 4.78 is 15.3. The molecule has 0 bridgehead atoms. The lowest BCUT2D eigenvalue weighted by Gasteiger charge is -2.26. The summed E-state index contributed by atoms with van der Waals surface area (Å²) in [5, 5.41) is 0. The van der Waals surface area contributed by atoms with Crippen molar-refractivity contribution in [1.82, 2.24) is 4.57 Å². The fraction of sp³-hybridized carbons (Fsp3) is 0.139. The fourth-order valence-corrected chi connectivity index (χ4v) is 8.08. The number of hydrogen-bond acceptors (Lipinski definition) is 7. The van der Waals surface area contributed by atoms with Gasteiger partial charge in [-0.3, -0.25) is 9.36 Å². The Labute approximate surface area is 291 Å². The first-order valence-electron chi connectivity index (χ1n) is 14.5. The Bertz CT molecular complexity index is 2090. The van der Waals surface area contributed by atoms with E-state index in [4.69, 9.17) is 14.5 Å². The molecule has 0 spiro atoms. The molecule has 0 aliphatic carbocycles. The van der Waals surface area contributed by atoms with Crippen LogP contribution in [0.3, 0.4) is 0 Å². The Morgan fingerprint density at radius 2 is 1.63 bits per heavy atom. The van der Waals surface area contributed by atoms with E-state index in [1.165, 1.54) is 11.3 Å². The lowest BCUT2D eigenvalue weighted by molar-refractivity contribution is -0.138. The van der Waals surface area contributed by atoms with E-state index >= 15 is 0 Å². The average molecular weight is 777 g/mol. The van der Waals surface area contributed by atoms with Gasteiger partial charge in [0.1, 0.15) is 12.4 Å². The van der Waals surface area contributed by atoms with Crippen molar-refractivity contribution in [1.29, 1.82) is 0 Å². The van der Waals surface area contributed by atoms with Crippen molar-refractivity contribution in [2.75, 3.05) is 12.9 Å². The lowest BCUT2D eigenvalue weighted by Crippen LogP contribution is -2.40. The van der Waals surface area contributed by atoms with Crippen LogP contribution < -0.4 is 19.6 Å². The molecule has 6 rings (SSSR count). The molecule has 1 aromatic heterocycles. The molecule has 1 aliphatic heterocycles. The molecule has 1 atom stereocenters. The van der Waals surface area contributed by atoms with E-state index in [-0.39, 0.29) is 12.2 Å². The molecule has 46 heavy (non-hydrogen) atoms. The van der Waals surface area contributed by atoms with Gasteiger partial charge in [0.2, 0.25) is 0 Å². The van der Waals surface area contributed by atoms with E-state index in [1.807, 2.05) is 109 Å². The third kappa shape index (κ3) is 6.71. The van der Waals surface area contributed by atoms with Gasteiger partial charge in [0.25, 0.3) is 5.56 Å². The van der Waals surface area contributed by atoms with Gasteiger partial charge >= 0.3 is 5.97 Å². The zero-order valence-corrected chi connectivity index (χ0v) is 29.7. The SMILES string of the molecule is CCOC(=O)C1=C(c2ccccc2)N=c2s/c(=C\c3cc(Br)c(OCc4ccccc4)c(Br)c3)c(=O)n2[C@H]1c1ccc(SC)cc1. The van der Waals surface area contributed by atoms with E-state index in [1.54, 1.807) is 23.3 Å². The van der Waals surface area contributed by atoms with E-state index in [9.17, 15) is 9.59 Å². The molecule has 0 N–H and O–H groups in total. The summed E-state index contributed by atoms with van der Waals surface area (Å²) in [5.74, 6) is 0.167. The summed E-state index contributed by atoms with van der Waals surface area (Å²) in [5.41, 5.74) is 4.00. The number of benzene rings is 4. The van der Waals surface area contributed by atoms with Crippen LogP contribution >= 0.6 is 55.0 Å². The summed E-state index contributed by atoms with van der Waals surface area (Å²) in [6.45, 7) is 2.38. The number of fused-ring (bicyclic) bond motifs is 1. The van der Waals surface area contributed by atoms with E-state index in [2.05, 4.69) is 31.9 Å². The van der Waals surface area contributed by atoms with Crippen molar-refractivity contribution in [3.05, 3.63) is 154 Å². The summed E-state index contributed by atoms with van der Waals surface area (Å²) in [6.07, 6.45) is 3.85. The fourth-order valence-electron chi connectivity index (χ4n) is 5.22. The number of rotatable bonds is 9. The number of nitrogens with zero attached hydrogens (tertiary/aromatic N) is 2. The van der Waals surface area contributed by atoms with Crippen molar-refractivity contribution in [2.45, 2.75) is 24.5 Å². The largest absolute Gasteiger partial charge is 0.487 e. The highest BCUT2D eigenvalue weighted by Crippen LogP contribution is 2.37. The highest BCUT2D eigenvalue weighted by Gasteiger charge is 2.35. The second-order valence-electron chi connectivity index (χ2n) is 10.3. The van der Waals surface area contributed by atoms with E-state index in [0.29, 0.717) is 33.0 Å². The molecular weight excluding hydrogens is 748 g/mol. The minimum absolute atomic E-state index is 0.196. The quantitative estimate of drug-likeness (QED) is 0.113. The number of hydrogen-bond donors (Lipinski definition) is 0. The molecule has 0 saturated carbocycles. The van der Waals surface area contributed by atoms with Crippen molar-refractivity contribution in [2.24, 2.45) is 4.99 Å². The summed E-state index contributed by atoms with van der Waals surface area (Å²) in [4.78, 5) is 34.4. The van der Waals surface area contributed by atoms with Gasteiger partial charge in [-0.2, -0.15) is 0 Å². The number of esters is 1. The molecular formula is C36H28Br2N2O4S2. The smallest absolute Gasteiger partial charge is 0.338 e. The number of thioether (sulfide) groups is 1. The highest BCUT2D eigenvalue weighted by molar-refractivity contribution is 9.11. The third-order valence-electron chi connectivity index (χ3n) is 7.35. The van der Waals surface area contributed by atoms with Gasteiger partial charge in [0.05, 0.1) is 37.4 Å². The first-order valence-corrected chi connectivity index (χ1v) is 18.1. The summed E-state index contributed by atoms with van der Waals surface area (Å²) in [7, 11) is 0. The Kier molecular flexibility index (Phi) is 10.1. The number of thiazole rings is 1. The van der Waals surface area contributed by atoms with Crippen LogP contribution in [0.1, 0.15) is 35.2 Å². The van der Waals surface area contributed by atoms with Crippen LogP contribution in [0, 0.1) is 0 Å². The monoisotopic (exact) mass is 774 g/mol. The number of aromatic nitrogens is 1. The van der Waals surface area contributed by atoms with Gasteiger partial charge in [-0.05, 0) is 92.1 Å². The van der Waals surface area contributed by atoms with Gasteiger partial charge in [0.15, 0.2) is 4.80 Å². The summed E-state index contributed by atoms with van der Waals surface area (Å²) in [6, 6.07) is 30.5. The molecule has 232 valence electrons. The number of ether oxygens (including phenoxy) is 2. The molecule has 6 nitrogen and oxygen atoms in total. The number of carbonyl (C=O) groups is 1. The standard InChI is InChI=1S/C36H28Br2N2O4S2/c1-3-43-35(42)30-31(24-12-8-5-9-13-24)39-36-40(32(30)25-14-16-26(45-2)17-15-25)34(41)29(46-36)20-23-18-27(37)33(28(38)19-23)44-21-22-10-6-4-7-11-22/h4-20,32H,3,21H2,1-2H3/b29-20-/t32-/m0/s1. The number of halogens is 2. The van der Waals surface area contributed by atoms with Gasteiger partial charge in [-0.25, -0.2) is 9.79 Å². The van der Waals surface area contributed by atoms with Crippen LogP contribution in [0.2, 0.25) is 0 Å². The molecule has 0 amide bonds. The van der Waals surface area contributed by atoms with Crippen molar-refractivity contribution in [3.63, 3.8) is 0 Å². The average Bonchev–Trinajstić information content (AvgIpc) is 3.38. The van der Waals surface area contributed by atoms with Crippen LogP contribution in [0.15, 0.2) is 126 Å². The molecule has 5 aromatic rings. The van der Waals surface area contributed by atoms with Gasteiger partial charge in [-0.1, -0.05) is 84.1 Å². The molecule has 1 aliphatic rings. The number of carbonyl (C=O) groups excluding carboxylic acids is 1. The maximum atomic E-state index is 14.2. The van der Waals surface area contributed by atoms with Crippen molar-refractivity contribution in [3.8, 4) is 5.75 Å². The highest BCUT2D eigenvalue weighted by atomic mass is 79.9. The minimum atomic E-state index is -0.726. The molecule has 0 unspecified atom stereocenters. The predicted molar refractivity (Wildman–Crippen MR) is 192 cm³/mol. The Hall–Kier alpha value is -3.70. The van der Waals surface area contributed by atoms with E-state index in [0.717, 1.165) is 36.1 Å². The Morgan fingerprint density at radius 1 is 0.978 bits per heavy atom. The van der Waals surface area contributed by atoms with Gasteiger partial charge in [-0.15, -0.1) is 11.8 Å². The molecule has 0 radical (unpaired) electrons. The van der Waals surface area contributed by atoms with Crippen LogP contribution in [-0.4, -0.2) is 23.4 Å².